The number of carbonyl (C=O) groups excluding carboxylic acids is 1. The van der Waals surface area contributed by atoms with Gasteiger partial charge in [0.05, 0.1) is 12.8 Å². The molecule has 3 fully saturated rings. The third-order valence-corrected chi connectivity index (χ3v) is 5.02. The largest absolute Gasteiger partial charge is 0.459 e. The Labute approximate surface area is 146 Å². The monoisotopic (exact) mass is 345 g/mol. The quantitative estimate of drug-likeness (QED) is 0.845. The summed E-state index contributed by atoms with van der Waals surface area (Å²) in [6, 6.07) is 4.03. The fraction of sp³-hybridized carbons (Fsp3) is 0.588. The predicted octanol–water partition coefficient (Wildman–Crippen LogP) is 1.91. The van der Waals surface area contributed by atoms with Crippen molar-refractivity contribution in [3.8, 4) is 11.7 Å². The maximum absolute atomic E-state index is 12.4. The molecular formula is C17H23N5O3. The van der Waals surface area contributed by atoms with E-state index in [9.17, 15) is 4.79 Å². The summed E-state index contributed by atoms with van der Waals surface area (Å²) >= 11 is 0. The van der Waals surface area contributed by atoms with Crippen molar-refractivity contribution >= 4 is 6.03 Å². The summed E-state index contributed by atoms with van der Waals surface area (Å²) in [6.45, 7) is 3.15. The van der Waals surface area contributed by atoms with Crippen molar-refractivity contribution in [1.82, 2.24) is 24.9 Å². The fourth-order valence-corrected chi connectivity index (χ4v) is 3.80. The average molecular weight is 345 g/mol. The first-order chi connectivity index (χ1) is 12.1. The molecule has 2 atom stereocenters. The van der Waals surface area contributed by atoms with Gasteiger partial charge in [0.2, 0.25) is 5.89 Å². The molecule has 8 heteroatoms. The molecule has 0 spiro atoms. The van der Waals surface area contributed by atoms with Gasteiger partial charge < -0.3 is 18.6 Å². The van der Waals surface area contributed by atoms with Gasteiger partial charge in [-0.2, -0.15) is 0 Å². The Morgan fingerprint density at radius 1 is 1.28 bits per heavy atom. The summed E-state index contributed by atoms with van der Waals surface area (Å²) in [6.07, 6.45) is 3.85. The van der Waals surface area contributed by atoms with Gasteiger partial charge in [-0.1, -0.05) is 0 Å². The van der Waals surface area contributed by atoms with Crippen molar-refractivity contribution in [2.75, 3.05) is 33.7 Å². The number of nitrogens with zero attached hydrogens (tertiary/aromatic N) is 5. The lowest BCUT2D eigenvalue weighted by Gasteiger charge is -2.34. The van der Waals surface area contributed by atoms with E-state index >= 15 is 0 Å². The van der Waals surface area contributed by atoms with Gasteiger partial charge in [-0.25, -0.2) is 4.79 Å². The van der Waals surface area contributed by atoms with Gasteiger partial charge in [0.15, 0.2) is 5.76 Å². The number of carbonyl (C=O) groups is 1. The van der Waals surface area contributed by atoms with Crippen LogP contribution in [0.25, 0.3) is 11.7 Å². The minimum Gasteiger partial charge on any atom is -0.459 e. The highest BCUT2D eigenvalue weighted by atomic mass is 16.4. The standard InChI is InChI=1S/C17H23N5O3/c1-20(2)17(23)22-9-12-5-6-13(10-22)21(8-12)11-15-18-19-16(25-15)14-4-3-7-24-14/h3-4,7,12-13H,5-6,8-11H2,1-2H3/t12-,13-/m1/s1. The molecule has 2 amide bonds. The molecule has 3 saturated heterocycles. The molecule has 134 valence electrons. The van der Waals surface area contributed by atoms with Crippen LogP contribution in [0.2, 0.25) is 0 Å². The molecule has 0 saturated carbocycles. The highest BCUT2D eigenvalue weighted by Gasteiger charge is 2.37. The lowest BCUT2D eigenvalue weighted by atomic mass is 9.95. The Bertz CT molecular complexity index is 726. The first kappa shape index (κ1) is 16.1. The smallest absolute Gasteiger partial charge is 0.319 e. The van der Waals surface area contributed by atoms with Crippen LogP contribution in [-0.2, 0) is 6.54 Å². The van der Waals surface area contributed by atoms with Crippen LogP contribution in [0.1, 0.15) is 18.7 Å². The number of urea groups is 1. The second-order valence-electron chi connectivity index (χ2n) is 7.09. The normalized spacial score (nSPS) is 23.7. The lowest BCUT2D eigenvalue weighted by molar-refractivity contribution is 0.112. The molecule has 0 aliphatic carbocycles. The minimum absolute atomic E-state index is 0.0941. The molecule has 2 aromatic rings. The number of amides is 2. The van der Waals surface area contributed by atoms with Crippen LogP contribution in [0, 0.1) is 5.92 Å². The Hall–Kier alpha value is -2.35. The van der Waals surface area contributed by atoms with Gasteiger partial charge in [-0.15, -0.1) is 10.2 Å². The zero-order chi connectivity index (χ0) is 17.4. The number of hydrogen-bond acceptors (Lipinski definition) is 6. The molecule has 2 bridgehead atoms. The van der Waals surface area contributed by atoms with Crippen molar-refractivity contribution in [3.63, 3.8) is 0 Å². The summed E-state index contributed by atoms with van der Waals surface area (Å²) < 4.78 is 11.0. The first-order valence-corrected chi connectivity index (χ1v) is 8.66. The van der Waals surface area contributed by atoms with E-state index < -0.39 is 0 Å². The lowest BCUT2D eigenvalue weighted by Crippen LogP contribution is -2.45. The topological polar surface area (TPSA) is 78.9 Å². The Morgan fingerprint density at radius 3 is 2.92 bits per heavy atom. The van der Waals surface area contributed by atoms with Crippen LogP contribution < -0.4 is 0 Å². The molecule has 3 aliphatic heterocycles. The van der Waals surface area contributed by atoms with Gasteiger partial charge >= 0.3 is 6.03 Å². The molecule has 3 aliphatic rings. The summed E-state index contributed by atoms with van der Waals surface area (Å²) in [5.74, 6) is 2.07. The molecule has 5 heterocycles. The molecule has 0 unspecified atom stereocenters. The SMILES string of the molecule is CN(C)C(=O)N1C[C@@H]2CC[C@H](C1)N(Cc1nnc(-c3ccco3)o1)C2. The van der Waals surface area contributed by atoms with Crippen LogP contribution in [-0.4, -0.2) is 70.7 Å². The molecular weight excluding hydrogens is 322 g/mol. The molecule has 0 N–H and O–H groups in total. The Kier molecular flexibility index (Phi) is 4.20. The van der Waals surface area contributed by atoms with E-state index in [0.29, 0.717) is 36.0 Å². The third-order valence-electron chi connectivity index (χ3n) is 5.02. The fourth-order valence-electron chi connectivity index (χ4n) is 3.80. The maximum atomic E-state index is 12.4. The number of piperidine rings is 1. The zero-order valence-corrected chi connectivity index (χ0v) is 14.6. The van der Waals surface area contributed by atoms with Crippen LogP contribution in [0.4, 0.5) is 4.79 Å². The van der Waals surface area contributed by atoms with E-state index in [2.05, 4.69) is 15.1 Å². The van der Waals surface area contributed by atoms with Crippen LogP contribution >= 0.6 is 0 Å². The second kappa shape index (κ2) is 6.51. The van der Waals surface area contributed by atoms with Gasteiger partial charge in [-0.05, 0) is 30.9 Å². The van der Waals surface area contributed by atoms with Gasteiger partial charge in [0.1, 0.15) is 0 Å². The molecule has 8 nitrogen and oxygen atoms in total. The van der Waals surface area contributed by atoms with Gasteiger partial charge in [-0.3, -0.25) is 4.90 Å². The van der Waals surface area contributed by atoms with E-state index in [1.165, 1.54) is 6.42 Å². The molecule has 5 rings (SSSR count). The number of hydrogen-bond donors (Lipinski definition) is 0. The summed E-state index contributed by atoms with van der Waals surface area (Å²) in [4.78, 5) is 18.4. The minimum atomic E-state index is 0.0941. The van der Waals surface area contributed by atoms with E-state index in [1.54, 1.807) is 23.3 Å². The third kappa shape index (κ3) is 3.26. The highest BCUT2D eigenvalue weighted by Crippen LogP contribution is 2.30. The van der Waals surface area contributed by atoms with Crippen molar-refractivity contribution < 1.29 is 13.6 Å². The Morgan fingerprint density at radius 2 is 2.16 bits per heavy atom. The summed E-state index contributed by atoms with van der Waals surface area (Å²) in [5, 5.41) is 8.22. The number of rotatable bonds is 3. The van der Waals surface area contributed by atoms with Gasteiger partial charge in [0, 0.05) is 39.8 Å². The van der Waals surface area contributed by atoms with Crippen LogP contribution in [0.15, 0.2) is 27.2 Å². The zero-order valence-electron chi connectivity index (χ0n) is 14.6. The molecule has 25 heavy (non-hydrogen) atoms. The first-order valence-electron chi connectivity index (χ1n) is 8.66. The number of fused-ring (bicyclic) bond motifs is 4. The number of furan rings is 1. The highest BCUT2D eigenvalue weighted by molar-refractivity contribution is 5.74. The maximum Gasteiger partial charge on any atom is 0.319 e. The van der Waals surface area contributed by atoms with E-state index in [4.69, 9.17) is 8.83 Å². The van der Waals surface area contributed by atoms with Crippen LogP contribution in [0.5, 0.6) is 0 Å². The molecule has 0 aromatic carbocycles. The Balaban J connectivity index is 1.46. The van der Waals surface area contributed by atoms with Crippen LogP contribution in [0.3, 0.4) is 0 Å². The van der Waals surface area contributed by atoms with Crippen molar-refractivity contribution in [1.29, 1.82) is 0 Å². The molecule has 0 radical (unpaired) electrons. The summed E-state index contributed by atoms with van der Waals surface area (Å²) in [7, 11) is 3.61. The van der Waals surface area contributed by atoms with E-state index in [0.717, 1.165) is 26.1 Å². The molecule has 2 aromatic heterocycles. The van der Waals surface area contributed by atoms with Crippen molar-refractivity contribution in [2.45, 2.75) is 25.4 Å². The second-order valence-corrected chi connectivity index (χ2v) is 7.09. The number of aromatic nitrogens is 2. The van der Waals surface area contributed by atoms with E-state index in [-0.39, 0.29) is 6.03 Å². The van der Waals surface area contributed by atoms with Gasteiger partial charge in [0.25, 0.3) is 5.89 Å². The van der Waals surface area contributed by atoms with Crippen molar-refractivity contribution in [3.05, 3.63) is 24.3 Å². The average Bonchev–Trinajstić information content (AvgIpc) is 3.20. The van der Waals surface area contributed by atoms with E-state index in [1.807, 2.05) is 19.0 Å². The summed E-state index contributed by atoms with van der Waals surface area (Å²) in [5.41, 5.74) is 0. The van der Waals surface area contributed by atoms with Crippen molar-refractivity contribution in [2.24, 2.45) is 5.92 Å². The predicted molar refractivity (Wildman–Crippen MR) is 89.6 cm³/mol.